The molecule has 8 heteroatoms. The van der Waals surface area contributed by atoms with Gasteiger partial charge in [0.1, 0.15) is 23.9 Å². The lowest BCUT2D eigenvalue weighted by Gasteiger charge is -2.40. The first-order valence-corrected chi connectivity index (χ1v) is 11.7. The minimum Gasteiger partial charge on any atom is -0.507 e. The van der Waals surface area contributed by atoms with Gasteiger partial charge < -0.3 is 19.9 Å². The summed E-state index contributed by atoms with van der Waals surface area (Å²) in [6.45, 7) is 1.71. The Labute approximate surface area is 203 Å². The van der Waals surface area contributed by atoms with Crippen molar-refractivity contribution in [2.24, 2.45) is 0 Å². The molecule has 1 fully saturated rings. The van der Waals surface area contributed by atoms with Crippen LogP contribution in [-0.4, -0.2) is 47.7 Å². The van der Waals surface area contributed by atoms with Crippen molar-refractivity contribution in [3.8, 4) is 17.2 Å². The highest BCUT2D eigenvalue weighted by Gasteiger charge is 2.35. The van der Waals surface area contributed by atoms with Crippen LogP contribution in [-0.2, 0) is 16.1 Å². The van der Waals surface area contributed by atoms with Gasteiger partial charge in [0.05, 0.1) is 17.8 Å². The smallest absolute Gasteiger partial charge is 0.414 e. The lowest BCUT2D eigenvalue weighted by molar-refractivity contribution is -0.117. The van der Waals surface area contributed by atoms with Crippen molar-refractivity contribution in [3.63, 3.8) is 0 Å². The number of nitrogens with one attached hydrogen (secondary N) is 1. The van der Waals surface area contributed by atoms with Crippen LogP contribution in [0.2, 0.25) is 0 Å². The van der Waals surface area contributed by atoms with Crippen molar-refractivity contribution < 1.29 is 24.2 Å². The standard InChI is InChI=1S/C27H27N3O5/c31-25-8-4-7-24-23(25)18-34-27(33)30(24)20-13-15-29(16-14-20)17-26(32)28-19-9-11-22(12-10-19)35-21-5-2-1-3-6-21/h1-12,20,31H,13-18H2,(H,28,32). The number of likely N-dealkylation sites (tertiary alicyclic amines) is 1. The monoisotopic (exact) mass is 473 g/mol. The average Bonchev–Trinajstić information content (AvgIpc) is 2.87. The molecule has 5 rings (SSSR count). The van der Waals surface area contributed by atoms with Crippen LogP contribution in [0.15, 0.2) is 72.8 Å². The topological polar surface area (TPSA) is 91.3 Å². The summed E-state index contributed by atoms with van der Waals surface area (Å²) in [7, 11) is 0. The number of nitrogens with zero attached hydrogens (tertiary/aromatic N) is 2. The van der Waals surface area contributed by atoms with Crippen molar-refractivity contribution >= 4 is 23.4 Å². The van der Waals surface area contributed by atoms with Crippen LogP contribution in [0.25, 0.3) is 0 Å². The second-order valence-corrected chi connectivity index (χ2v) is 8.69. The summed E-state index contributed by atoms with van der Waals surface area (Å²) in [5, 5.41) is 13.1. The highest BCUT2D eigenvalue weighted by molar-refractivity contribution is 5.93. The number of benzene rings is 3. The molecule has 8 nitrogen and oxygen atoms in total. The van der Waals surface area contributed by atoms with Gasteiger partial charge in [-0.2, -0.15) is 0 Å². The number of piperidine rings is 1. The van der Waals surface area contributed by atoms with Crippen molar-refractivity contribution in [2.45, 2.75) is 25.5 Å². The molecule has 2 N–H and O–H groups in total. The third-order valence-corrected chi connectivity index (χ3v) is 6.33. The molecule has 0 unspecified atom stereocenters. The third-order valence-electron chi connectivity index (χ3n) is 6.33. The average molecular weight is 474 g/mol. The molecular formula is C27H27N3O5. The first-order chi connectivity index (χ1) is 17.1. The number of para-hydroxylation sites is 1. The highest BCUT2D eigenvalue weighted by atomic mass is 16.6. The van der Waals surface area contributed by atoms with Gasteiger partial charge in [-0.1, -0.05) is 24.3 Å². The molecule has 35 heavy (non-hydrogen) atoms. The van der Waals surface area contributed by atoms with E-state index in [2.05, 4.69) is 10.2 Å². The molecule has 0 radical (unpaired) electrons. The Morgan fingerprint density at radius 2 is 1.69 bits per heavy atom. The molecule has 2 aliphatic heterocycles. The number of phenols is 1. The zero-order valence-electron chi connectivity index (χ0n) is 19.2. The van der Waals surface area contributed by atoms with Crippen LogP contribution >= 0.6 is 0 Å². The number of rotatable bonds is 6. The van der Waals surface area contributed by atoms with E-state index in [0.29, 0.717) is 48.6 Å². The van der Waals surface area contributed by atoms with E-state index < -0.39 is 0 Å². The second kappa shape index (κ2) is 10.1. The number of hydrogen-bond donors (Lipinski definition) is 2. The zero-order valence-corrected chi connectivity index (χ0v) is 19.2. The van der Waals surface area contributed by atoms with Gasteiger partial charge in [0, 0.05) is 24.8 Å². The Hall–Kier alpha value is -4.04. The van der Waals surface area contributed by atoms with E-state index in [9.17, 15) is 14.7 Å². The van der Waals surface area contributed by atoms with Crippen LogP contribution < -0.4 is 15.0 Å². The molecule has 0 aromatic heterocycles. The molecule has 2 amide bonds. The molecule has 0 bridgehead atoms. The Bertz CT molecular complexity index is 1190. The summed E-state index contributed by atoms with van der Waals surface area (Å²) in [4.78, 5) is 28.8. The van der Waals surface area contributed by atoms with Gasteiger partial charge in [-0.25, -0.2) is 4.79 Å². The molecular weight excluding hydrogens is 446 g/mol. The number of ether oxygens (including phenoxy) is 2. The largest absolute Gasteiger partial charge is 0.507 e. The normalized spacial score (nSPS) is 16.3. The fourth-order valence-electron chi connectivity index (χ4n) is 4.55. The molecule has 1 saturated heterocycles. The fraction of sp³-hybridized carbons (Fsp3) is 0.259. The van der Waals surface area contributed by atoms with Gasteiger partial charge in [0.2, 0.25) is 5.91 Å². The summed E-state index contributed by atoms with van der Waals surface area (Å²) in [5.74, 6) is 1.50. The zero-order chi connectivity index (χ0) is 24.2. The minimum atomic E-state index is -0.390. The second-order valence-electron chi connectivity index (χ2n) is 8.69. The molecule has 0 atom stereocenters. The maximum absolute atomic E-state index is 12.6. The number of anilines is 2. The number of cyclic esters (lactones) is 1. The van der Waals surface area contributed by atoms with Crippen LogP contribution in [0.5, 0.6) is 17.2 Å². The maximum Gasteiger partial charge on any atom is 0.414 e. The van der Waals surface area contributed by atoms with Crippen molar-refractivity contribution in [1.82, 2.24) is 4.90 Å². The molecule has 3 aromatic carbocycles. The summed E-state index contributed by atoms with van der Waals surface area (Å²) >= 11 is 0. The number of fused-ring (bicyclic) bond motifs is 1. The SMILES string of the molecule is O=C(CN1CCC(N2C(=O)OCc3c(O)cccc32)CC1)Nc1ccc(Oc2ccccc2)cc1. The van der Waals surface area contributed by atoms with Gasteiger partial charge in [-0.05, 0) is 61.4 Å². The number of amides is 2. The number of hydrogen-bond acceptors (Lipinski definition) is 6. The minimum absolute atomic E-state index is 0.0418. The molecule has 3 aromatic rings. The summed E-state index contributed by atoms with van der Waals surface area (Å²) in [5.41, 5.74) is 2.05. The van der Waals surface area contributed by atoms with E-state index in [1.807, 2.05) is 60.7 Å². The first-order valence-electron chi connectivity index (χ1n) is 11.7. The third kappa shape index (κ3) is 5.22. The maximum atomic E-state index is 12.6. The van der Waals surface area contributed by atoms with Gasteiger partial charge in [0.15, 0.2) is 0 Å². The van der Waals surface area contributed by atoms with E-state index in [1.54, 1.807) is 17.0 Å². The molecule has 0 aliphatic carbocycles. The Morgan fingerprint density at radius 1 is 0.971 bits per heavy atom. The lowest BCUT2D eigenvalue weighted by Crippen LogP contribution is -2.50. The summed E-state index contributed by atoms with van der Waals surface area (Å²) in [6, 6.07) is 21.9. The van der Waals surface area contributed by atoms with E-state index in [4.69, 9.17) is 9.47 Å². The quantitative estimate of drug-likeness (QED) is 0.537. The van der Waals surface area contributed by atoms with Gasteiger partial charge in [-0.3, -0.25) is 14.6 Å². The van der Waals surface area contributed by atoms with E-state index in [1.165, 1.54) is 0 Å². The van der Waals surface area contributed by atoms with Crippen LogP contribution in [0, 0.1) is 0 Å². The predicted octanol–water partition coefficient (Wildman–Crippen LogP) is 4.74. The Kier molecular flexibility index (Phi) is 6.54. The van der Waals surface area contributed by atoms with Gasteiger partial charge in [0.25, 0.3) is 0 Å². The van der Waals surface area contributed by atoms with Crippen molar-refractivity contribution in [2.75, 3.05) is 29.9 Å². The summed E-state index contributed by atoms with van der Waals surface area (Å²) < 4.78 is 11.1. The molecule has 0 saturated carbocycles. The van der Waals surface area contributed by atoms with Crippen molar-refractivity contribution in [3.05, 3.63) is 78.4 Å². The molecule has 2 aliphatic rings. The van der Waals surface area contributed by atoms with Crippen LogP contribution in [0.1, 0.15) is 18.4 Å². The molecule has 2 heterocycles. The predicted molar refractivity (Wildman–Crippen MR) is 132 cm³/mol. The van der Waals surface area contributed by atoms with E-state index >= 15 is 0 Å². The van der Waals surface area contributed by atoms with E-state index in [0.717, 1.165) is 5.75 Å². The van der Waals surface area contributed by atoms with Crippen molar-refractivity contribution in [1.29, 1.82) is 0 Å². The van der Waals surface area contributed by atoms with E-state index in [-0.39, 0.29) is 36.9 Å². The molecule has 180 valence electrons. The summed E-state index contributed by atoms with van der Waals surface area (Å²) in [6.07, 6.45) is 1.03. The van der Waals surface area contributed by atoms with Gasteiger partial charge in [-0.15, -0.1) is 0 Å². The highest BCUT2D eigenvalue weighted by Crippen LogP contribution is 2.36. The van der Waals surface area contributed by atoms with Crippen LogP contribution in [0.4, 0.5) is 16.2 Å². The van der Waals surface area contributed by atoms with Crippen LogP contribution in [0.3, 0.4) is 0 Å². The lowest BCUT2D eigenvalue weighted by atomic mass is 10.0. The number of phenolic OH excluding ortho intramolecular Hbond substituents is 1. The fourth-order valence-corrected chi connectivity index (χ4v) is 4.55. The molecule has 0 spiro atoms. The van der Waals surface area contributed by atoms with Gasteiger partial charge >= 0.3 is 6.09 Å². The number of carbonyl (C=O) groups is 2. The Morgan fingerprint density at radius 3 is 2.43 bits per heavy atom. The first kappa shape index (κ1) is 22.7. The number of aromatic hydroxyl groups is 1. The number of carbonyl (C=O) groups excluding carboxylic acids is 2. The Balaban J connectivity index is 1.13.